The van der Waals surface area contributed by atoms with E-state index in [2.05, 4.69) is 5.32 Å². The van der Waals surface area contributed by atoms with Gasteiger partial charge in [-0.25, -0.2) is 0 Å². The number of amides is 3. The summed E-state index contributed by atoms with van der Waals surface area (Å²) in [5.74, 6) is -0.805. The fourth-order valence-electron chi connectivity index (χ4n) is 4.04. The summed E-state index contributed by atoms with van der Waals surface area (Å²) in [6.07, 6.45) is 0.780. The number of piperidine rings is 1. The molecule has 30 heavy (non-hydrogen) atoms. The van der Waals surface area contributed by atoms with Crippen LogP contribution in [0.1, 0.15) is 29.9 Å². The Balaban J connectivity index is 1.53. The lowest BCUT2D eigenvalue weighted by Crippen LogP contribution is -2.48. The number of benzene rings is 2. The quantitative estimate of drug-likeness (QED) is 0.765. The first kappa shape index (κ1) is 20.6. The molecule has 3 amide bonds. The van der Waals surface area contributed by atoms with Gasteiger partial charge in [0.25, 0.3) is 0 Å². The highest BCUT2D eigenvalue weighted by Gasteiger charge is 2.30. The molecule has 2 aliphatic heterocycles. The number of halogens is 1. The fourth-order valence-corrected chi connectivity index (χ4v) is 4.40. The van der Waals surface area contributed by atoms with Gasteiger partial charge in [-0.15, -0.1) is 0 Å². The van der Waals surface area contributed by atoms with E-state index in [4.69, 9.17) is 11.6 Å². The van der Waals surface area contributed by atoms with Gasteiger partial charge in [0.05, 0.1) is 17.5 Å². The van der Waals surface area contributed by atoms with Crippen LogP contribution in [0.25, 0.3) is 11.1 Å². The summed E-state index contributed by atoms with van der Waals surface area (Å²) in [7, 11) is 1.96. The number of carbonyl (C=O) groups is 3. The third kappa shape index (κ3) is 4.25. The van der Waals surface area contributed by atoms with Crippen LogP contribution in [0.5, 0.6) is 0 Å². The van der Waals surface area contributed by atoms with Crippen LogP contribution in [0, 0.1) is 0 Å². The molecule has 0 aliphatic carbocycles. The minimum atomic E-state index is -0.419. The van der Waals surface area contributed by atoms with Crippen LogP contribution in [0.2, 0.25) is 5.02 Å². The molecule has 7 heteroatoms. The molecule has 0 saturated carbocycles. The van der Waals surface area contributed by atoms with Crippen LogP contribution in [0.15, 0.2) is 42.5 Å². The Hall–Kier alpha value is -2.70. The lowest BCUT2D eigenvalue weighted by atomic mass is 9.88. The Kier molecular flexibility index (Phi) is 5.88. The largest absolute Gasteiger partial charge is 0.336 e. The number of hydrogen-bond acceptors (Lipinski definition) is 4. The highest BCUT2D eigenvalue weighted by Crippen LogP contribution is 2.37. The predicted molar refractivity (Wildman–Crippen MR) is 115 cm³/mol. The molecule has 0 spiro atoms. The first-order chi connectivity index (χ1) is 14.4. The molecular weight excluding hydrogens is 402 g/mol. The molecule has 2 aliphatic rings. The average Bonchev–Trinajstić information content (AvgIpc) is 2.71. The molecule has 6 nitrogen and oxygen atoms in total. The van der Waals surface area contributed by atoms with E-state index in [1.165, 1.54) is 0 Å². The maximum absolute atomic E-state index is 12.3. The lowest BCUT2D eigenvalue weighted by Gasteiger charge is -2.32. The number of nitrogens with one attached hydrogen (secondary N) is 1. The van der Waals surface area contributed by atoms with E-state index < -0.39 is 5.92 Å². The van der Waals surface area contributed by atoms with Gasteiger partial charge in [0.15, 0.2) is 0 Å². The van der Waals surface area contributed by atoms with Crippen molar-refractivity contribution in [3.8, 4) is 11.1 Å². The predicted octanol–water partition coefficient (Wildman–Crippen LogP) is 2.80. The fraction of sp³-hybridized carbons (Fsp3) is 0.348. The third-order valence-electron chi connectivity index (χ3n) is 5.79. The van der Waals surface area contributed by atoms with Crippen molar-refractivity contribution in [1.29, 1.82) is 0 Å². The second-order valence-electron chi connectivity index (χ2n) is 7.96. The smallest absolute Gasteiger partial charge is 0.237 e. The van der Waals surface area contributed by atoms with Crippen molar-refractivity contribution < 1.29 is 14.4 Å². The molecule has 2 aromatic rings. The topological polar surface area (TPSA) is 69.7 Å². The molecule has 0 radical (unpaired) electrons. The lowest BCUT2D eigenvalue weighted by molar-refractivity contribution is -0.136. The molecule has 1 atom stereocenters. The van der Waals surface area contributed by atoms with Crippen molar-refractivity contribution in [2.75, 3.05) is 26.7 Å². The van der Waals surface area contributed by atoms with Crippen molar-refractivity contribution in [3.05, 3.63) is 58.6 Å². The normalized spacial score (nSPS) is 20.4. The summed E-state index contributed by atoms with van der Waals surface area (Å²) in [6.45, 7) is 2.67. The molecule has 4 rings (SSSR count). The summed E-state index contributed by atoms with van der Waals surface area (Å²) in [5.41, 5.74) is 3.60. The summed E-state index contributed by atoms with van der Waals surface area (Å²) in [5, 5.41) is 2.93. The van der Waals surface area contributed by atoms with Gasteiger partial charge in [-0.05, 0) is 30.2 Å². The monoisotopic (exact) mass is 425 g/mol. The van der Waals surface area contributed by atoms with Gasteiger partial charge >= 0.3 is 0 Å². The molecule has 2 saturated heterocycles. The van der Waals surface area contributed by atoms with Gasteiger partial charge in [-0.1, -0.05) is 54.1 Å². The van der Waals surface area contributed by atoms with E-state index in [-0.39, 0.29) is 17.7 Å². The zero-order valence-electron chi connectivity index (χ0n) is 16.9. The molecule has 0 bridgehead atoms. The van der Waals surface area contributed by atoms with E-state index in [1.54, 1.807) is 0 Å². The number of carbonyl (C=O) groups excluding carboxylic acids is 3. The minimum Gasteiger partial charge on any atom is -0.336 e. The van der Waals surface area contributed by atoms with Gasteiger partial charge in [-0.3, -0.25) is 24.6 Å². The van der Waals surface area contributed by atoms with Gasteiger partial charge in [0, 0.05) is 31.6 Å². The first-order valence-corrected chi connectivity index (χ1v) is 10.5. The van der Waals surface area contributed by atoms with Crippen molar-refractivity contribution in [1.82, 2.24) is 15.1 Å². The van der Waals surface area contributed by atoms with Crippen LogP contribution in [-0.2, 0) is 20.9 Å². The summed E-state index contributed by atoms with van der Waals surface area (Å²) in [6, 6.07) is 13.7. The maximum Gasteiger partial charge on any atom is 0.237 e. The number of rotatable bonds is 4. The van der Waals surface area contributed by atoms with Crippen molar-refractivity contribution in [2.45, 2.75) is 25.3 Å². The molecule has 2 heterocycles. The number of piperazine rings is 1. The Bertz CT molecular complexity index is 990. The summed E-state index contributed by atoms with van der Waals surface area (Å²) < 4.78 is 0. The number of imide groups is 1. The van der Waals surface area contributed by atoms with E-state index in [0.29, 0.717) is 31.0 Å². The third-order valence-corrected chi connectivity index (χ3v) is 6.21. The molecule has 1 unspecified atom stereocenters. The van der Waals surface area contributed by atoms with Crippen LogP contribution < -0.4 is 5.32 Å². The molecular formula is C23H24ClN3O3. The number of nitrogens with zero attached hydrogens (tertiary/aromatic N) is 2. The van der Waals surface area contributed by atoms with Crippen molar-refractivity contribution >= 4 is 29.3 Å². The Morgan fingerprint density at radius 3 is 2.53 bits per heavy atom. The number of hydrogen-bond donors (Lipinski definition) is 1. The minimum absolute atomic E-state index is 0.146. The van der Waals surface area contributed by atoms with Gasteiger partial charge in [-0.2, -0.15) is 0 Å². The summed E-state index contributed by atoms with van der Waals surface area (Å²) in [4.78, 5) is 39.8. The Morgan fingerprint density at radius 2 is 1.83 bits per heavy atom. The number of likely N-dealkylation sites (N-methyl/N-ethyl adjacent to an activating group) is 1. The molecule has 2 aromatic carbocycles. The average molecular weight is 426 g/mol. The highest BCUT2D eigenvalue weighted by atomic mass is 35.5. The van der Waals surface area contributed by atoms with E-state index in [9.17, 15) is 14.4 Å². The van der Waals surface area contributed by atoms with E-state index in [0.717, 1.165) is 35.3 Å². The van der Waals surface area contributed by atoms with Gasteiger partial charge < -0.3 is 4.90 Å². The van der Waals surface area contributed by atoms with Gasteiger partial charge in [0.1, 0.15) is 0 Å². The summed E-state index contributed by atoms with van der Waals surface area (Å²) >= 11 is 6.68. The zero-order valence-corrected chi connectivity index (χ0v) is 17.6. The van der Waals surface area contributed by atoms with E-state index in [1.807, 2.05) is 59.3 Å². The van der Waals surface area contributed by atoms with Crippen LogP contribution in [0.3, 0.4) is 0 Å². The Labute approximate surface area is 180 Å². The van der Waals surface area contributed by atoms with Crippen molar-refractivity contribution in [2.24, 2.45) is 0 Å². The molecule has 156 valence electrons. The SMILES string of the molecule is CN1CCN(Cc2ccc(-c3cccc(C4CCC(=O)NC4=O)c3Cl)cc2)C(=O)C1. The van der Waals surface area contributed by atoms with Gasteiger partial charge in [0.2, 0.25) is 17.7 Å². The van der Waals surface area contributed by atoms with Crippen LogP contribution >= 0.6 is 11.6 Å². The first-order valence-electron chi connectivity index (χ1n) is 10.1. The molecule has 1 N–H and O–H groups in total. The molecule has 0 aromatic heterocycles. The van der Waals surface area contributed by atoms with E-state index >= 15 is 0 Å². The second-order valence-corrected chi connectivity index (χ2v) is 8.34. The molecule has 2 fully saturated rings. The van der Waals surface area contributed by atoms with Crippen molar-refractivity contribution in [3.63, 3.8) is 0 Å². The second kappa shape index (κ2) is 8.58. The zero-order chi connectivity index (χ0) is 21.3. The van der Waals surface area contributed by atoms with Crippen LogP contribution in [-0.4, -0.2) is 54.2 Å². The highest BCUT2D eigenvalue weighted by molar-refractivity contribution is 6.34. The van der Waals surface area contributed by atoms with Crippen LogP contribution in [0.4, 0.5) is 0 Å². The Morgan fingerprint density at radius 1 is 1.07 bits per heavy atom. The maximum atomic E-state index is 12.3. The standard InChI is InChI=1S/C23H24ClN3O3/c1-26-11-12-27(21(29)14-26)13-15-5-7-16(8-6-15)17-3-2-4-18(22(17)24)19-9-10-20(28)25-23(19)30/h2-8,19H,9-14H2,1H3,(H,25,28,30).